The van der Waals surface area contributed by atoms with Gasteiger partial charge in [-0.1, -0.05) is 6.07 Å². The topological polar surface area (TPSA) is 72.7 Å². The first-order valence-electron chi connectivity index (χ1n) is 8.07. The summed E-state index contributed by atoms with van der Waals surface area (Å²) in [4.78, 5) is 22.0. The summed E-state index contributed by atoms with van der Waals surface area (Å²) in [6.45, 7) is 0.607. The molecule has 4 aromatic heterocycles. The van der Waals surface area contributed by atoms with Crippen molar-refractivity contribution in [2.75, 3.05) is 5.32 Å². The number of amides is 1. The SMILES string of the molecule is O=C(Cc1csc(-c2cc(Br)cs2)n1)Nc1ccn(Cc2cccnc2)n1. The van der Waals surface area contributed by atoms with Crippen LogP contribution in [0.4, 0.5) is 5.82 Å². The Morgan fingerprint density at radius 2 is 2.19 bits per heavy atom. The molecule has 4 rings (SSSR count). The Bertz CT molecular complexity index is 1060. The number of thiophene rings is 1. The Balaban J connectivity index is 1.35. The van der Waals surface area contributed by atoms with Gasteiger partial charge in [0.15, 0.2) is 5.82 Å². The second kappa shape index (κ2) is 8.12. The normalized spacial score (nSPS) is 10.9. The number of pyridine rings is 1. The van der Waals surface area contributed by atoms with Crippen LogP contribution in [0.15, 0.2) is 58.1 Å². The molecule has 27 heavy (non-hydrogen) atoms. The zero-order valence-electron chi connectivity index (χ0n) is 14.0. The summed E-state index contributed by atoms with van der Waals surface area (Å²) in [5, 5.41) is 12.1. The van der Waals surface area contributed by atoms with Gasteiger partial charge < -0.3 is 5.32 Å². The molecule has 0 bridgehead atoms. The third-order valence-corrected chi connectivity index (χ3v) is 6.40. The van der Waals surface area contributed by atoms with E-state index in [0.717, 1.165) is 25.6 Å². The predicted molar refractivity (Wildman–Crippen MR) is 111 cm³/mol. The van der Waals surface area contributed by atoms with Gasteiger partial charge in [-0.3, -0.25) is 14.5 Å². The molecular formula is C18H14BrN5OS2. The Kier molecular flexibility index (Phi) is 5.42. The number of rotatable bonds is 6. The molecular weight excluding hydrogens is 446 g/mol. The second-order valence-corrected chi connectivity index (χ2v) is 8.44. The van der Waals surface area contributed by atoms with E-state index in [9.17, 15) is 4.79 Å². The third-order valence-electron chi connectivity index (χ3n) is 3.65. The molecule has 0 unspecified atom stereocenters. The van der Waals surface area contributed by atoms with Crippen LogP contribution < -0.4 is 5.32 Å². The van der Waals surface area contributed by atoms with Gasteiger partial charge in [-0.2, -0.15) is 5.10 Å². The number of anilines is 1. The minimum atomic E-state index is -0.133. The van der Waals surface area contributed by atoms with Crippen LogP contribution in [-0.4, -0.2) is 25.7 Å². The summed E-state index contributed by atoms with van der Waals surface area (Å²) in [5.74, 6) is 0.396. The van der Waals surface area contributed by atoms with Crippen molar-refractivity contribution in [3.63, 3.8) is 0 Å². The van der Waals surface area contributed by atoms with E-state index in [2.05, 4.69) is 36.3 Å². The molecule has 1 N–H and O–H groups in total. The van der Waals surface area contributed by atoms with Gasteiger partial charge >= 0.3 is 0 Å². The van der Waals surface area contributed by atoms with Crippen LogP contribution in [0.2, 0.25) is 0 Å². The van der Waals surface area contributed by atoms with Gasteiger partial charge in [-0.15, -0.1) is 22.7 Å². The van der Waals surface area contributed by atoms with Crippen molar-refractivity contribution in [2.24, 2.45) is 0 Å². The highest BCUT2D eigenvalue weighted by Gasteiger charge is 2.12. The van der Waals surface area contributed by atoms with Gasteiger partial charge in [-0.05, 0) is 33.6 Å². The molecule has 4 aromatic rings. The Hall–Kier alpha value is -2.36. The van der Waals surface area contributed by atoms with Crippen molar-refractivity contribution in [3.05, 3.63) is 69.3 Å². The highest BCUT2D eigenvalue weighted by atomic mass is 79.9. The van der Waals surface area contributed by atoms with Crippen LogP contribution in [0.1, 0.15) is 11.3 Å². The Labute approximate surface area is 172 Å². The molecule has 0 aliphatic heterocycles. The summed E-state index contributed by atoms with van der Waals surface area (Å²) in [6, 6.07) is 7.68. The summed E-state index contributed by atoms with van der Waals surface area (Å²) >= 11 is 6.61. The van der Waals surface area contributed by atoms with Crippen LogP contribution >= 0.6 is 38.6 Å². The van der Waals surface area contributed by atoms with Gasteiger partial charge in [-0.25, -0.2) is 4.98 Å². The van der Waals surface area contributed by atoms with E-state index in [1.165, 1.54) is 0 Å². The summed E-state index contributed by atoms with van der Waals surface area (Å²) in [7, 11) is 0. The quantitative estimate of drug-likeness (QED) is 0.461. The first kappa shape index (κ1) is 18.0. The van der Waals surface area contributed by atoms with Gasteiger partial charge in [0.1, 0.15) is 5.01 Å². The smallest absolute Gasteiger partial charge is 0.231 e. The number of carbonyl (C=O) groups excluding carboxylic acids is 1. The number of halogens is 1. The van der Waals surface area contributed by atoms with Crippen molar-refractivity contribution in [1.82, 2.24) is 19.7 Å². The minimum absolute atomic E-state index is 0.133. The van der Waals surface area contributed by atoms with Crippen molar-refractivity contribution in [1.29, 1.82) is 0 Å². The average Bonchev–Trinajstić information content (AvgIpc) is 3.38. The molecule has 0 saturated carbocycles. The van der Waals surface area contributed by atoms with E-state index in [1.807, 2.05) is 35.2 Å². The molecule has 0 atom stereocenters. The van der Waals surface area contributed by atoms with E-state index in [0.29, 0.717) is 12.4 Å². The fourth-order valence-corrected chi connectivity index (χ4v) is 4.80. The number of carbonyl (C=O) groups is 1. The largest absolute Gasteiger partial charge is 0.309 e. The number of thiazole rings is 1. The molecule has 0 spiro atoms. The summed E-state index contributed by atoms with van der Waals surface area (Å²) < 4.78 is 2.81. The Morgan fingerprint density at radius 3 is 2.96 bits per heavy atom. The molecule has 6 nitrogen and oxygen atoms in total. The number of hydrogen-bond donors (Lipinski definition) is 1. The highest BCUT2D eigenvalue weighted by Crippen LogP contribution is 2.32. The molecule has 9 heteroatoms. The van der Waals surface area contributed by atoms with E-state index in [-0.39, 0.29) is 12.3 Å². The average molecular weight is 460 g/mol. The maximum atomic E-state index is 12.3. The fourth-order valence-electron chi connectivity index (χ4n) is 2.47. The maximum absolute atomic E-state index is 12.3. The second-order valence-electron chi connectivity index (χ2n) is 5.76. The molecule has 0 radical (unpaired) electrons. The Morgan fingerprint density at radius 1 is 1.26 bits per heavy atom. The lowest BCUT2D eigenvalue weighted by Gasteiger charge is -2.02. The monoisotopic (exact) mass is 459 g/mol. The minimum Gasteiger partial charge on any atom is -0.309 e. The number of aromatic nitrogens is 4. The highest BCUT2D eigenvalue weighted by molar-refractivity contribution is 9.10. The maximum Gasteiger partial charge on any atom is 0.231 e. The van der Waals surface area contributed by atoms with Gasteiger partial charge in [0.2, 0.25) is 5.91 Å². The van der Waals surface area contributed by atoms with E-state index < -0.39 is 0 Å². The fraction of sp³-hybridized carbons (Fsp3) is 0.111. The molecule has 1 amide bonds. The zero-order chi connectivity index (χ0) is 18.6. The van der Waals surface area contributed by atoms with Crippen LogP contribution in [0, 0.1) is 0 Å². The lowest BCUT2D eigenvalue weighted by molar-refractivity contribution is -0.115. The number of hydrogen-bond acceptors (Lipinski definition) is 6. The van der Waals surface area contributed by atoms with E-state index in [1.54, 1.807) is 45.8 Å². The van der Waals surface area contributed by atoms with Crippen molar-refractivity contribution >= 4 is 50.3 Å². The molecule has 0 aliphatic rings. The summed E-state index contributed by atoms with van der Waals surface area (Å²) in [5.41, 5.74) is 1.81. The predicted octanol–water partition coefficient (Wildman–Crippen LogP) is 4.46. The van der Waals surface area contributed by atoms with Gasteiger partial charge in [0, 0.05) is 39.9 Å². The van der Waals surface area contributed by atoms with Crippen molar-refractivity contribution in [2.45, 2.75) is 13.0 Å². The van der Waals surface area contributed by atoms with Crippen LogP contribution in [0.5, 0.6) is 0 Å². The van der Waals surface area contributed by atoms with Crippen LogP contribution in [0.25, 0.3) is 9.88 Å². The molecule has 4 heterocycles. The van der Waals surface area contributed by atoms with Gasteiger partial charge in [0.05, 0.1) is 23.5 Å². The lowest BCUT2D eigenvalue weighted by atomic mass is 10.3. The summed E-state index contributed by atoms with van der Waals surface area (Å²) in [6.07, 6.45) is 5.59. The van der Waals surface area contributed by atoms with Crippen LogP contribution in [-0.2, 0) is 17.8 Å². The van der Waals surface area contributed by atoms with Crippen molar-refractivity contribution < 1.29 is 4.79 Å². The lowest BCUT2D eigenvalue weighted by Crippen LogP contribution is -2.15. The first-order chi connectivity index (χ1) is 13.2. The molecule has 0 aliphatic carbocycles. The third kappa shape index (κ3) is 4.68. The molecule has 0 aromatic carbocycles. The standard InChI is InChI=1S/C18H14BrN5OS2/c19-13-6-15(26-10-13)18-21-14(11-27-18)7-17(25)22-16-3-5-24(23-16)9-12-2-1-4-20-8-12/h1-6,8,10-11H,7,9H2,(H,22,23,25). The zero-order valence-corrected chi connectivity index (χ0v) is 17.2. The van der Waals surface area contributed by atoms with E-state index in [4.69, 9.17) is 0 Å². The van der Waals surface area contributed by atoms with Crippen molar-refractivity contribution in [3.8, 4) is 9.88 Å². The first-order valence-corrected chi connectivity index (χ1v) is 10.6. The molecule has 0 saturated heterocycles. The number of nitrogens with one attached hydrogen (secondary N) is 1. The molecule has 0 fully saturated rings. The van der Waals surface area contributed by atoms with E-state index >= 15 is 0 Å². The number of nitrogens with zero attached hydrogens (tertiary/aromatic N) is 4. The van der Waals surface area contributed by atoms with Crippen LogP contribution in [0.3, 0.4) is 0 Å². The molecule has 136 valence electrons. The van der Waals surface area contributed by atoms with Gasteiger partial charge in [0.25, 0.3) is 0 Å².